The molecule has 9 fully saturated rings. The van der Waals surface area contributed by atoms with Crippen LogP contribution in [0.15, 0.2) is 224 Å². The lowest BCUT2D eigenvalue weighted by atomic mass is 9.32. The molecule has 24 atom stereocenters. The van der Waals surface area contributed by atoms with Gasteiger partial charge in [-0.15, -0.1) is 0 Å². The minimum atomic E-state index is -1.84. The van der Waals surface area contributed by atoms with Gasteiger partial charge in [-0.05, 0) is 228 Å². The highest BCUT2D eigenvalue weighted by Gasteiger charge is 2.73. The van der Waals surface area contributed by atoms with Crippen molar-refractivity contribution in [2.45, 2.75) is 224 Å². The molecule has 0 spiro atoms. The summed E-state index contributed by atoms with van der Waals surface area (Å²) < 4.78 is 100.0. The molecule has 0 unspecified atom stereocenters. The lowest BCUT2D eigenvalue weighted by molar-refractivity contribution is -0.357. The maximum atomic E-state index is 16.6. The third kappa shape index (κ3) is 16.5. The van der Waals surface area contributed by atoms with Crippen LogP contribution in [0, 0.1) is 56.7 Å². The van der Waals surface area contributed by atoms with Gasteiger partial charge in [0.2, 0.25) is 12.4 Å². The number of benzene rings is 7. The van der Waals surface area contributed by atoms with Gasteiger partial charge in [0.25, 0.3) is 0 Å². The molecule has 0 amide bonds. The van der Waals surface area contributed by atoms with E-state index < -0.39 is 163 Å². The third-order valence-corrected chi connectivity index (χ3v) is 28.7. The summed E-state index contributed by atoms with van der Waals surface area (Å²) in [6.45, 7) is 23.5. The number of hydrogen-bond donors (Lipinski definition) is 0. The number of esters is 8. The highest BCUT2D eigenvalue weighted by atomic mass is 16.8. The van der Waals surface area contributed by atoms with Gasteiger partial charge in [-0.1, -0.05) is 174 Å². The van der Waals surface area contributed by atoms with E-state index >= 15 is 4.79 Å². The van der Waals surface area contributed by atoms with E-state index in [1.54, 1.807) is 219 Å². The highest BCUT2D eigenvalue weighted by Crippen LogP contribution is 2.78. The van der Waals surface area contributed by atoms with Crippen LogP contribution in [-0.4, -0.2) is 159 Å². The van der Waals surface area contributed by atoms with E-state index in [1.807, 2.05) is 20.8 Å². The van der Waals surface area contributed by atoms with Crippen molar-refractivity contribution in [1.29, 1.82) is 0 Å². The van der Waals surface area contributed by atoms with E-state index in [1.165, 1.54) is 0 Å². The second-order valence-corrected chi connectivity index (χ2v) is 36.3. The van der Waals surface area contributed by atoms with Crippen molar-refractivity contribution >= 4 is 47.8 Å². The van der Waals surface area contributed by atoms with Crippen molar-refractivity contribution in [3.8, 4) is 0 Å². The molecule has 5 aliphatic carbocycles. The Balaban J connectivity index is 0.683. The summed E-state index contributed by atoms with van der Waals surface area (Å²) in [5.41, 5.74) is -0.327. The Kier molecular flexibility index (Phi) is 24.4. The molecule has 0 N–H and O–H groups in total. The first kappa shape index (κ1) is 85.3. The molecule has 16 rings (SSSR count). The van der Waals surface area contributed by atoms with Crippen molar-refractivity contribution in [3.05, 3.63) is 263 Å². The monoisotopic (exact) mass is 1660 g/mol. The Hall–Kier alpha value is -10.2. The molecule has 0 bridgehead atoms. The molecule has 9 aliphatic rings. The quantitative estimate of drug-likeness (QED) is 0.0264. The first-order valence-electron chi connectivity index (χ1n) is 42.8. The van der Waals surface area contributed by atoms with Gasteiger partial charge in [-0.25, -0.2) is 33.6 Å². The number of ether oxygens (including phenoxy) is 15. The number of fused-ring (bicyclic) bond motifs is 8. The zero-order valence-electron chi connectivity index (χ0n) is 70.3. The molecule has 0 aromatic heterocycles. The molecule has 7 aromatic carbocycles. The molecule has 122 heavy (non-hydrogen) atoms. The van der Waals surface area contributed by atoms with Gasteiger partial charge in [0.15, 0.2) is 48.9 Å². The van der Waals surface area contributed by atoms with Gasteiger partial charge in [0, 0.05) is 0 Å². The summed E-state index contributed by atoms with van der Waals surface area (Å²) in [7, 11) is 0. The lowest BCUT2D eigenvalue weighted by Gasteiger charge is -2.73. The molecule has 23 heteroatoms. The molecule has 23 nitrogen and oxygen atoms in total. The van der Waals surface area contributed by atoms with Crippen molar-refractivity contribution in [2.75, 3.05) is 13.2 Å². The fraction of sp³-hybridized carbons (Fsp3) is 0.475. The molecule has 0 radical (unpaired) electrons. The van der Waals surface area contributed by atoms with Crippen LogP contribution in [-0.2, 0) is 75.8 Å². The van der Waals surface area contributed by atoms with Crippen molar-refractivity contribution < 1.29 is 109 Å². The van der Waals surface area contributed by atoms with Crippen molar-refractivity contribution in [2.24, 2.45) is 56.7 Å². The number of hydrogen-bond acceptors (Lipinski definition) is 23. The number of allylic oxidation sites excluding steroid dienone is 1. The van der Waals surface area contributed by atoms with Gasteiger partial charge >= 0.3 is 47.8 Å². The van der Waals surface area contributed by atoms with E-state index in [9.17, 15) is 33.6 Å². The number of rotatable bonds is 22. The van der Waals surface area contributed by atoms with Crippen LogP contribution in [0.25, 0.3) is 0 Å². The zero-order valence-corrected chi connectivity index (χ0v) is 70.3. The van der Waals surface area contributed by atoms with E-state index in [-0.39, 0.29) is 91.4 Å². The zero-order chi connectivity index (χ0) is 85.6. The summed E-state index contributed by atoms with van der Waals surface area (Å²) >= 11 is 0. The van der Waals surface area contributed by atoms with Crippen molar-refractivity contribution in [3.63, 3.8) is 0 Å². The molecule has 642 valence electrons. The standard InChI is InChI=1S/C99H108O23/c1-58(2)67-48-53-99(93(107)120-92-82(118-89(106)66-44-30-17-31-45-66)79(116-87(104)64-40-26-15-27-41-64)76(114-85(102)62-36-22-13-23-37-62)69(111-92)56-108-83(100)60-32-18-11-19-33-60)55-54-97(9)68(74(67)99)46-47-72-96(8)51-50-73(94(4,5)71(96)49-52-98(72,97)10)112-90-80(77-70(57-109-90)121-95(6,7)122-77)119-91-81(117-88(105)65-42-28-16-29-43-65)78(115-86(103)63-38-24-14-25-39-63)75(59(3)110-91)113-84(101)61-34-20-12-21-35-61/h11-45,59,67-82,90-92H,1,46-57H2,2-10H3/t59-,67-,68+,69+,70-,71-,72+,73-,74+,75-,76+,77-,78+,79-,80+,81+,82+,90-,91-,92-,96-,97+,98+,99-/m0/s1. The Bertz CT molecular complexity index is 4940. The average Bonchev–Trinajstić information content (AvgIpc) is 1.14. The summed E-state index contributed by atoms with van der Waals surface area (Å²) in [4.78, 5) is 118. The Labute approximate surface area is 711 Å². The fourth-order valence-corrected chi connectivity index (χ4v) is 22.6. The van der Waals surface area contributed by atoms with Crippen LogP contribution in [0.1, 0.15) is 199 Å². The molecule has 4 aliphatic heterocycles. The molecule has 4 heterocycles. The maximum Gasteiger partial charge on any atom is 0.338 e. The van der Waals surface area contributed by atoms with Crippen LogP contribution in [0.2, 0.25) is 0 Å². The van der Waals surface area contributed by atoms with E-state index in [0.29, 0.717) is 32.1 Å². The summed E-state index contributed by atoms with van der Waals surface area (Å²) in [6, 6.07) is 57.7. The molecule has 4 saturated heterocycles. The Morgan fingerprint density at radius 1 is 0.402 bits per heavy atom. The van der Waals surface area contributed by atoms with E-state index in [4.69, 9.17) is 71.1 Å². The molecule has 7 aromatic rings. The third-order valence-electron chi connectivity index (χ3n) is 28.7. The minimum absolute atomic E-state index is 0.0116. The lowest BCUT2D eigenvalue weighted by Crippen LogP contribution is -2.68. The SMILES string of the molecule is C=C(C)[C@@H]1CC[C@]2(C(=O)O[C@@H]3O[C@H](COC(=O)c4ccccc4)[C@@H](OC(=O)c4ccccc4)[C@H](OC(=O)c4ccccc4)[C@H]3OC(=O)c3ccccc3)CC[C@]3(C)[C@H](CC[C@@H]4[C@@]5(C)CC[C@H](O[C@@H]6OC[C@@H]7OC(C)(C)O[C@@H]7[C@H]6O[C@@H]6O[C@@H](C)[C@H](OC(=O)c7ccccc7)[C@@H](OC(=O)c7ccccc7)[C@H]6OC(=O)c6ccccc6)C(C)(C)[C@@H]5CC[C@]43C)[C@@H]12. The van der Waals surface area contributed by atoms with Crippen LogP contribution < -0.4 is 0 Å². The summed E-state index contributed by atoms with van der Waals surface area (Å²) in [5, 5.41) is 0. The van der Waals surface area contributed by atoms with Crippen LogP contribution in [0.5, 0.6) is 0 Å². The number of carbonyl (C=O) groups excluding carboxylic acids is 8. The van der Waals surface area contributed by atoms with Crippen LogP contribution in [0.4, 0.5) is 0 Å². The second kappa shape index (κ2) is 34.8. The van der Waals surface area contributed by atoms with Gasteiger partial charge in [-0.3, -0.25) is 4.79 Å². The average molecular weight is 1670 g/mol. The predicted octanol–water partition coefficient (Wildman–Crippen LogP) is 16.5. The Morgan fingerprint density at radius 2 is 0.844 bits per heavy atom. The second-order valence-electron chi connectivity index (χ2n) is 36.3. The van der Waals surface area contributed by atoms with E-state index in [0.717, 1.165) is 37.7 Å². The van der Waals surface area contributed by atoms with Crippen LogP contribution >= 0.6 is 0 Å². The molecular weight excluding hydrogens is 1560 g/mol. The molecular formula is C99H108O23. The smallest absolute Gasteiger partial charge is 0.338 e. The maximum absolute atomic E-state index is 16.6. The fourth-order valence-electron chi connectivity index (χ4n) is 22.6. The normalized spacial score (nSPS) is 34.6. The first-order chi connectivity index (χ1) is 58.6. The summed E-state index contributed by atoms with van der Waals surface area (Å²) in [6.07, 6.45) is -12.7. The largest absolute Gasteiger partial charge is 0.459 e. The topological polar surface area (TPSA) is 275 Å². The highest BCUT2D eigenvalue weighted by molar-refractivity contribution is 5.93. The van der Waals surface area contributed by atoms with Crippen molar-refractivity contribution in [1.82, 2.24) is 0 Å². The Morgan fingerprint density at radius 3 is 1.33 bits per heavy atom. The van der Waals surface area contributed by atoms with Gasteiger partial charge in [0.1, 0.15) is 31.0 Å². The van der Waals surface area contributed by atoms with Gasteiger partial charge in [-0.2, -0.15) is 0 Å². The first-order valence-corrected chi connectivity index (χ1v) is 42.8. The van der Waals surface area contributed by atoms with Gasteiger partial charge in [0.05, 0.1) is 63.2 Å². The van der Waals surface area contributed by atoms with Crippen LogP contribution in [0.3, 0.4) is 0 Å². The number of carbonyl (C=O) groups is 8. The predicted molar refractivity (Wildman–Crippen MR) is 442 cm³/mol. The molecule has 5 saturated carbocycles. The van der Waals surface area contributed by atoms with E-state index in [2.05, 4.69) is 41.2 Å². The van der Waals surface area contributed by atoms with Gasteiger partial charge < -0.3 is 71.1 Å². The minimum Gasteiger partial charge on any atom is -0.459 e. The summed E-state index contributed by atoms with van der Waals surface area (Å²) in [5.74, 6) is -7.42.